The summed E-state index contributed by atoms with van der Waals surface area (Å²) in [5, 5.41) is 8.65. The number of unbranched alkanes of at least 4 members (excludes halogenated alkanes) is 1. The molecule has 0 fully saturated rings. The minimum Gasteiger partial charge on any atom is -0.481 e. The van der Waals surface area contributed by atoms with Gasteiger partial charge in [0.15, 0.2) is 0 Å². The zero-order valence-electron chi connectivity index (χ0n) is 11.5. The maximum atomic E-state index is 10.5. The number of carbonyl (C=O) groups is 1. The van der Waals surface area contributed by atoms with E-state index in [2.05, 4.69) is 6.92 Å². The Morgan fingerprint density at radius 3 is 2.00 bits per heavy atom. The predicted molar refractivity (Wildman–Crippen MR) is 68.8 cm³/mol. The summed E-state index contributed by atoms with van der Waals surface area (Å²) in [5.74, 6) is -1.13. The van der Waals surface area contributed by atoms with E-state index in [9.17, 15) is 4.79 Å². The summed E-state index contributed by atoms with van der Waals surface area (Å²) >= 11 is 0. The van der Waals surface area contributed by atoms with Gasteiger partial charge in [0.05, 0.1) is 32.3 Å². The van der Waals surface area contributed by atoms with E-state index in [-0.39, 0.29) is 5.92 Å². The van der Waals surface area contributed by atoms with E-state index >= 15 is 0 Å². The van der Waals surface area contributed by atoms with Crippen molar-refractivity contribution in [3.8, 4) is 0 Å². The molecule has 0 aliphatic rings. The van der Waals surface area contributed by atoms with E-state index in [1.807, 2.05) is 0 Å². The molecule has 18 heavy (non-hydrogen) atoms. The van der Waals surface area contributed by atoms with E-state index in [1.54, 1.807) is 6.92 Å². The van der Waals surface area contributed by atoms with Crippen LogP contribution in [0.5, 0.6) is 0 Å². The maximum absolute atomic E-state index is 10.5. The minimum absolute atomic E-state index is 0.349. The van der Waals surface area contributed by atoms with Gasteiger partial charge in [-0.2, -0.15) is 0 Å². The fourth-order valence-electron chi connectivity index (χ4n) is 1.17. The van der Waals surface area contributed by atoms with Gasteiger partial charge in [0.1, 0.15) is 0 Å². The highest BCUT2D eigenvalue weighted by Gasteiger charge is 2.09. The smallest absolute Gasteiger partial charge is 0.306 e. The average Bonchev–Trinajstić information content (AvgIpc) is 2.35. The molecule has 0 radical (unpaired) electrons. The first-order valence-corrected chi connectivity index (χ1v) is 6.64. The van der Waals surface area contributed by atoms with E-state index in [4.69, 9.17) is 19.3 Å². The van der Waals surface area contributed by atoms with Crippen molar-refractivity contribution in [2.45, 2.75) is 33.1 Å². The molecule has 5 heteroatoms. The zero-order valence-corrected chi connectivity index (χ0v) is 11.5. The molecule has 0 bridgehead atoms. The van der Waals surface area contributed by atoms with Crippen LogP contribution in [0, 0.1) is 5.92 Å². The van der Waals surface area contributed by atoms with Gasteiger partial charge in [-0.05, 0) is 12.8 Å². The molecule has 0 spiro atoms. The molecule has 0 heterocycles. The van der Waals surface area contributed by atoms with Crippen molar-refractivity contribution in [1.29, 1.82) is 0 Å². The molecule has 0 aromatic carbocycles. The van der Waals surface area contributed by atoms with Crippen LogP contribution in [0.4, 0.5) is 0 Å². The molecule has 5 nitrogen and oxygen atoms in total. The zero-order chi connectivity index (χ0) is 13.6. The Morgan fingerprint density at radius 1 is 1.00 bits per heavy atom. The maximum Gasteiger partial charge on any atom is 0.306 e. The van der Waals surface area contributed by atoms with Crippen molar-refractivity contribution in [3.05, 3.63) is 0 Å². The highest BCUT2D eigenvalue weighted by Crippen LogP contribution is 2.01. The highest BCUT2D eigenvalue weighted by atomic mass is 16.5. The molecular weight excluding hydrogens is 236 g/mol. The summed E-state index contributed by atoms with van der Waals surface area (Å²) in [7, 11) is 0. The topological polar surface area (TPSA) is 65.0 Å². The second-order valence-corrected chi connectivity index (χ2v) is 4.22. The first-order valence-electron chi connectivity index (χ1n) is 6.64. The summed E-state index contributed by atoms with van der Waals surface area (Å²) in [5.41, 5.74) is 0. The third kappa shape index (κ3) is 11.8. The Hall–Kier alpha value is -0.650. The fraction of sp³-hybridized carbons (Fsp3) is 0.923. The molecule has 0 saturated carbocycles. The lowest BCUT2D eigenvalue weighted by Gasteiger charge is -2.08. The molecule has 0 aliphatic carbocycles. The van der Waals surface area contributed by atoms with E-state index < -0.39 is 5.97 Å². The Kier molecular flexibility index (Phi) is 12.3. The van der Waals surface area contributed by atoms with Gasteiger partial charge in [0.25, 0.3) is 0 Å². The quantitative estimate of drug-likeness (QED) is 0.514. The Bertz CT molecular complexity index is 196. The molecule has 0 rings (SSSR count). The van der Waals surface area contributed by atoms with E-state index in [1.165, 1.54) is 0 Å². The minimum atomic E-state index is -0.779. The van der Waals surface area contributed by atoms with E-state index in [0.29, 0.717) is 39.5 Å². The number of carboxylic acids is 1. The molecule has 1 unspecified atom stereocenters. The summed E-state index contributed by atoms with van der Waals surface area (Å²) in [6.45, 7) is 7.29. The van der Waals surface area contributed by atoms with Gasteiger partial charge in [-0.25, -0.2) is 0 Å². The van der Waals surface area contributed by atoms with Crippen LogP contribution in [0.2, 0.25) is 0 Å². The van der Waals surface area contributed by atoms with Crippen LogP contribution < -0.4 is 0 Å². The van der Waals surface area contributed by atoms with Gasteiger partial charge in [0, 0.05) is 13.2 Å². The van der Waals surface area contributed by atoms with Crippen molar-refractivity contribution < 1.29 is 24.1 Å². The van der Waals surface area contributed by atoms with Crippen LogP contribution >= 0.6 is 0 Å². The molecule has 0 aromatic rings. The molecule has 1 atom stereocenters. The van der Waals surface area contributed by atoms with Crippen molar-refractivity contribution in [1.82, 2.24) is 0 Å². The Morgan fingerprint density at radius 2 is 1.50 bits per heavy atom. The summed E-state index contributed by atoms with van der Waals surface area (Å²) in [4.78, 5) is 10.5. The average molecular weight is 262 g/mol. The lowest BCUT2D eigenvalue weighted by Crippen LogP contribution is -2.14. The number of ether oxygens (including phenoxy) is 3. The largest absolute Gasteiger partial charge is 0.481 e. The van der Waals surface area contributed by atoms with Crippen LogP contribution in [0.3, 0.4) is 0 Å². The van der Waals surface area contributed by atoms with Crippen LogP contribution in [0.25, 0.3) is 0 Å². The Balaban J connectivity index is 3.05. The molecule has 0 aromatic heterocycles. The summed E-state index contributed by atoms with van der Waals surface area (Å²) in [6, 6.07) is 0. The number of rotatable bonds is 13. The van der Waals surface area contributed by atoms with Crippen molar-refractivity contribution >= 4 is 5.97 Å². The van der Waals surface area contributed by atoms with Gasteiger partial charge in [0.2, 0.25) is 0 Å². The standard InChI is InChI=1S/C13H26O5/c1-3-4-6-16-8-10-18-11-9-17-7-5-12(2)13(14)15/h12H,3-11H2,1-2H3,(H,14,15). The SMILES string of the molecule is CCCCOCCOCCOCCC(C)C(=O)O. The molecule has 0 amide bonds. The first kappa shape index (κ1) is 17.4. The van der Waals surface area contributed by atoms with E-state index in [0.717, 1.165) is 19.4 Å². The van der Waals surface area contributed by atoms with Gasteiger partial charge in [-0.1, -0.05) is 20.3 Å². The van der Waals surface area contributed by atoms with Crippen LogP contribution in [0.15, 0.2) is 0 Å². The number of carboxylic acid groups (broad SMARTS) is 1. The fourth-order valence-corrected chi connectivity index (χ4v) is 1.17. The van der Waals surface area contributed by atoms with Crippen molar-refractivity contribution in [2.75, 3.05) is 39.6 Å². The number of hydrogen-bond acceptors (Lipinski definition) is 4. The molecular formula is C13H26O5. The molecule has 1 N–H and O–H groups in total. The van der Waals surface area contributed by atoms with Gasteiger partial charge < -0.3 is 19.3 Å². The third-order valence-electron chi connectivity index (χ3n) is 2.50. The highest BCUT2D eigenvalue weighted by molar-refractivity contribution is 5.69. The van der Waals surface area contributed by atoms with Crippen molar-refractivity contribution in [2.24, 2.45) is 5.92 Å². The molecule has 0 saturated heterocycles. The van der Waals surface area contributed by atoms with Gasteiger partial charge >= 0.3 is 5.97 Å². The lowest BCUT2D eigenvalue weighted by molar-refractivity contribution is -0.141. The molecule has 0 aliphatic heterocycles. The van der Waals surface area contributed by atoms with Crippen LogP contribution in [0.1, 0.15) is 33.1 Å². The monoisotopic (exact) mass is 262 g/mol. The second kappa shape index (κ2) is 12.8. The third-order valence-corrected chi connectivity index (χ3v) is 2.50. The Labute approximate surface area is 109 Å². The lowest BCUT2D eigenvalue weighted by atomic mass is 10.1. The number of aliphatic carboxylic acids is 1. The van der Waals surface area contributed by atoms with Gasteiger partial charge in [-0.3, -0.25) is 4.79 Å². The van der Waals surface area contributed by atoms with Crippen molar-refractivity contribution in [3.63, 3.8) is 0 Å². The van der Waals surface area contributed by atoms with Crippen LogP contribution in [-0.4, -0.2) is 50.7 Å². The van der Waals surface area contributed by atoms with Crippen LogP contribution in [-0.2, 0) is 19.0 Å². The second-order valence-electron chi connectivity index (χ2n) is 4.22. The summed E-state index contributed by atoms with van der Waals surface area (Å²) < 4.78 is 15.9. The predicted octanol–water partition coefficient (Wildman–Crippen LogP) is 1.95. The normalized spacial score (nSPS) is 12.6. The number of hydrogen-bond donors (Lipinski definition) is 1. The first-order chi connectivity index (χ1) is 8.68. The molecule has 108 valence electrons. The summed E-state index contributed by atoms with van der Waals surface area (Å²) in [6.07, 6.45) is 2.77. The van der Waals surface area contributed by atoms with Gasteiger partial charge in [-0.15, -0.1) is 0 Å².